The van der Waals surface area contributed by atoms with Gasteiger partial charge in [0, 0.05) is 13.1 Å². The van der Waals surface area contributed by atoms with Gasteiger partial charge in [-0.1, -0.05) is 6.92 Å². The molecule has 1 heterocycles. The maximum absolute atomic E-state index is 5.29. The first kappa shape index (κ1) is 10.3. The van der Waals surface area contributed by atoms with Crippen LogP contribution in [0.15, 0.2) is 12.1 Å². The van der Waals surface area contributed by atoms with E-state index in [1.807, 2.05) is 0 Å². The monoisotopic (exact) mass is 207 g/mol. The van der Waals surface area contributed by atoms with E-state index in [0.29, 0.717) is 0 Å². The van der Waals surface area contributed by atoms with Gasteiger partial charge in [0.25, 0.3) is 0 Å². The number of methoxy groups -OCH3 is 2. The van der Waals surface area contributed by atoms with Crippen LogP contribution in [0, 0.1) is 0 Å². The van der Waals surface area contributed by atoms with Gasteiger partial charge in [0.15, 0.2) is 11.5 Å². The smallest absolute Gasteiger partial charge is 0.161 e. The fraction of sp³-hybridized carbons (Fsp3) is 0.500. The third-order valence-electron chi connectivity index (χ3n) is 2.94. The summed E-state index contributed by atoms with van der Waals surface area (Å²) in [6, 6.07) is 4.17. The Morgan fingerprint density at radius 3 is 1.87 bits per heavy atom. The molecule has 0 aliphatic carbocycles. The highest BCUT2D eigenvalue weighted by molar-refractivity contribution is 5.48. The Labute approximate surface area is 90.6 Å². The van der Waals surface area contributed by atoms with Crippen molar-refractivity contribution in [3.63, 3.8) is 0 Å². The van der Waals surface area contributed by atoms with E-state index in [-0.39, 0.29) is 0 Å². The standard InChI is InChI=1S/C12H17NO2/c1-4-13-7-9-5-11(14-2)12(15-3)6-10(9)8-13/h5-6H,4,7-8H2,1-3H3. The average Bonchev–Trinajstić information content (AvgIpc) is 2.68. The molecule has 1 aromatic rings. The second-order valence-electron chi connectivity index (χ2n) is 3.78. The Morgan fingerprint density at radius 1 is 1.07 bits per heavy atom. The number of ether oxygens (including phenoxy) is 2. The Hall–Kier alpha value is -1.22. The van der Waals surface area contributed by atoms with Crippen molar-refractivity contribution in [2.24, 2.45) is 0 Å². The van der Waals surface area contributed by atoms with Crippen molar-refractivity contribution in [1.82, 2.24) is 4.90 Å². The largest absolute Gasteiger partial charge is 0.493 e. The summed E-state index contributed by atoms with van der Waals surface area (Å²) in [5.74, 6) is 1.66. The zero-order valence-corrected chi connectivity index (χ0v) is 9.54. The minimum absolute atomic E-state index is 0.828. The van der Waals surface area contributed by atoms with Gasteiger partial charge in [0.2, 0.25) is 0 Å². The van der Waals surface area contributed by atoms with Gasteiger partial charge in [-0.05, 0) is 29.8 Å². The minimum atomic E-state index is 0.828. The zero-order valence-electron chi connectivity index (χ0n) is 9.54. The van der Waals surface area contributed by atoms with Gasteiger partial charge in [-0.25, -0.2) is 0 Å². The summed E-state index contributed by atoms with van der Waals surface area (Å²) in [6.07, 6.45) is 0. The van der Waals surface area contributed by atoms with Crippen LogP contribution in [0.3, 0.4) is 0 Å². The van der Waals surface area contributed by atoms with Crippen LogP contribution in [0.2, 0.25) is 0 Å². The number of hydrogen-bond acceptors (Lipinski definition) is 3. The van der Waals surface area contributed by atoms with Crippen LogP contribution >= 0.6 is 0 Å². The highest BCUT2D eigenvalue weighted by atomic mass is 16.5. The first-order chi connectivity index (χ1) is 7.28. The van der Waals surface area contributed by atoms with E-state index in [4.69, 9.17) is 9.47 Å². The number of hydrogen-bond donors (Lipinski definition) is 0. The highest BCUT2D eigenvalue weighted by Gasteiger charge is 2.20. The second-order valence-corrected chi connectivity index (χ2v) is 3.78. The molecule has 1 aliphatic rings. The minimum Gasteiger partial charge on any atom is -0.493 e. The maximum atomic E-state index is 5.29. The molecule has 2 rings (SSSR count). The van der Waals surface area contributed by atoms with Crippen molar-refractivity contribution in [2.45, 2.75) is 20.0 Å². The molecule has 0 N–H and O–H groups in total. The molecule has 0 saturated carbocycles. The predicted molar refractivity (Wildman–Crippen MR) is 59.3 cm³/mol. The van der Waals surface area contributed by atoms with Crippen molar-refractivity contribution in [2.75, 3.05) is 20.8 Å². The first-order valence-corrected chi connectivity index (χ1v) is 5.24. The van der Waals surface area contributed by atoms with Crippen molar-refractivity contribution >= 4 is 0 Å². The van der Waals surface area contributed by atoms with Gasteiger partial charge >= 0.3 is 0 Å². The van der Waals surface area contributed by atoms with Crippen LogP contribution < -0.4 is 9.47 Å². The Morgan fingerprint density at radius 2 is 1.53 bits per heavy atom. The van der Waals surface area contributed by atoms with Crippen LogP contribution in [-0.4, -0.2) is 25.7 Å². The molecule has 15 heavy (non-hydrogen) atoms. The summed E-state index contributed by atoms with van der Waals surface area (Å²) in [7, 11) is 3.35. The van der Waals surface area contributed by atoms with Gasteiger partial charge < -0.3 is 9.47 Å². The summed E-state index contributed by atoms with van der Waals surface area (Å²) in [6.45, 7) is 5.30. The lowest BCUT2D eigenvalue weighted by atomic mass is 10.1. The molecule has 0 spiro atoms. The normalized spacial score (nSPS) is 15.1. The fourth-order valence-electron chi connectivity index (χ4n) is 2.02. The first-order valence-electron chi connectivity index (χ1n) is 5.24. The van der Waals surface area contributed by atoms with Gasteiger partial charge in [-0.3, -0.25) is 4.90 Å². The summed E-state index contributed by atoms with van der Waals surface area (Å²) in [5, 5.41) is 0. The van der Waals surface area contributed by atoms with Gasteiger partial charge in [0.05, 0.1) is 14.2 Å². The highest BCUT2D eigenvalue weighted by Crippen LogP contribution is 2.34. The van der Waals surface area contributed by atoms with Crippen LogP contribution in [-0.2, 0) is 13.1 Å². The van der Waals surface area contributed by atoms with Crippen molar-refractivity contribution in [3.05, 3.63) is 23.3 Å². The van der Waals surface area contributed by atoms with Crippen molar-refractivity contribution in [3.8, 4) is 11.5 Å². The molecule has 3 nitrogen and oxygen atoms in total. The molecular formula is C12H17NO2. The van der Waals surface area contributed by atoms with E-state index in [2.05, 4.69) is 24.0 Å². The SMILES string of the molecule is CCN1Cc2cc(OC)c(OC)cc2C1. The number of fused-ring (bicyclic) bond motifs is 1. The molecule has 0 atom stereocenters. The summed E-state index contributed by atoms with van der Waals surface area (Å²) >= 11 is 0. The Bertz CT molecular complexity index is 330. The molecule has 0 radical (unpaired) electrons. The number of rotatable bonds is 3. The topological polar surface area (TPSA) is 21.7 Å². The number of benzene rings is 1. The summed E-state index contributed by atoms with van der Waals surface area (Å²) < 4.78 is 10.6. The van der Waals surface area contributed by atoms with E-state index >= 15 is 0 Å². The van der Waals surface area contributed by atoms with Gasteiger partial charge in [0.1, 0.15) is 0 Å². The summed E-state index contributed by atoms with van der Waals surface area (Å²) in [5.41, 5.74) is 2.71. The van der Waals surface area contributed by atoms with Crippen molar-refractivity contribution in [1.29, 1.82) is 0 Å². The quantitative estimate of drug-likeness (QED) is 0.757. The molecule has 0 saturated heterocycles. The van der Waals surface area contributed by atoms with Gasteiger partial charge in [-0.15, -0.1) is 0 Å². The third kappa shape index (κ3) is 1.79. The molecule has 0 bridgehead atoms. The van der Waals surface area contributed by atoms with Crippen LogP contribution in [0.1, 0.15) is 18.1 Å². The number of nitrogens with zero attached hydrogens (tertiary/aromatic N) is 1. The van der Waals surface area contributed by atoms with E-state index in [0.717, 1.165) is 31.1 Å². The predicted octanol–water partition coefficient (Wildman–Crippen LogP) is 2.04. The Balaban J connectivity index is 2.35. The fourth-order valence-corrected chi connectivity index (χ4v) is 2.02. The second kappa shape index (κ2) is 4.11. The molecule has 82 valence electrons. The Kier molecular flexibility index (Phi) is 2.82. The molecule has 0 amide bonds. The third-order valence-corrected chi connectivity index (χ3v) is 2.94. The van der Waals surface area contributed by atoms with E-state index in [9.17, 15) is 0 Å². The molecule has 1 aromatic carbocycles. The zero-order chi connectivity index (χ0) is 10.8. The van der Waals surface area contributed by atoms with Gasteiger partial charge in [-0.2, -0.15) is 0 Å². The average molecular weight is 207 g/mol. The molecule has 1 aliphatic heterocycles. The van der Waals surface area contributed by atoms with Crippen LogP contribution in [0.4, 0.5) is 0 Å². The van der Waals surface area contributed by atoms with Crippen molar-refractivity contribution < 1.29 is 9.47 Å². The maximum Gasteiger partial charge on any atom is 0.161 e. The lowest BCUT2D eigenvalue weighted by molar-refractivity contribution is 0.300. The molecule has 3 heteroatoms. The molecular weight excluding hydrogens is 190 g/mol. The van der Waals surface area contributed by atoms with Crippen LogP contribution in [0.5, 0.6) is 11.5 Å². The molecule has 0 fully saturated rings. The lowest BCUT2D eigenvalue weighted by Gasteiger charge is -2.09. The summed E-state index contributed by atoms with van der Waals surface area (Å²) in [4.78, 5) is 2.39. The van der Waals surface area contributed by atoms with Crippen LogP contribution in [0.25, 0.3) is 0 Å². The molecule has 0 unspecified atom stereocenters. The molecule has 0 aromatic heterocycles. The van der Waals surface area contributed by atoms with E-state index in [1.54, 1.807) is 14.2 Å². The van der Waals surface area contributed by atoms with E-state index < -0.39 is 0 Å². The lowest BCUT2D eigenvalue weighted by Crippen LogP contribution is -2.14. The van der Waals surface area contributed by atoms with E-state index in [1.165, 1.54) is 11.1 Å².